The summed E-state index contributed by atoms with van der Waals surface area (Å²) in [5, 5.41) is 27.3. The monoisotopic (exact) mass is 939 g/mol. The van der Waals surface area contributed by atoms with Crippen LogP contribution in [0.1, 0.15) is 101 Å². The summed E-state index contributed by atoms with van der Waals surface area (Å²) in [7, 11) is 0. The van der Waals surface area contributed by atoms with E-state index in [9.17, 15) is 29.1 Å². The number of aliphatic hydroxyl groups excluding tert-OH is 1. The minimum Gasteiger partial charge on any atom is -0.391 e. The second kappa shape index (κ2) is 21.4. The molecular formula is C52H61N9O6S. The fourth-order valence-corrected chi connectivity index (χ4v) is 9.33. The number of unbranched alkanes of at least 4 members (excludes halogenated alkanes) is 2. The van der Waals surface area contributed by atoms with Gasteiger partial charge in [0.25, 0.3) is 0 Å². The van der Waals surface area contributed by atoms with Gasteiger partial charge in [-0.25, -0.2) is 9.78 Å². The normalized spacial score (nSPS) is 15.3. The molecule has 0 radical (unpaired) electrons. The van der Waals surface area contributed by atoms with E-state index in [0.29, 0.717) is 47.5 Å². The number of rotatable bonds is 16. The Morgan fingerprint density at radius 3 is 2.25 bits per heavy atom. The van der Waals surface area contributed by atoms with Crippen LogP contribution in [0, 0.1) is 12.3 Å². The van der Waals surface area contributed by atoms with Crippen LogP contribution in [0.4, 0.5) is 22.0 Å². The molecule has 3 heterocycles. The maximum atomic E-state index is 14.1. The van der Waals surface area contributed by atoms with Crippen molar-refractivity contribution in [3.05, 3.63) is 113 Å². The van der Waals surface area contributed by atoms with Crippen molar-refractivity contribution in [3.8, 4) is 21.6 Å². The molecule has 2 aromatic heterocycles. The molecule has 7 rings (SSSR count). The van der Waals surface area contributed by atoms with Crippen LogP contribution in [-0.2, 0) is 20.9 Å². The Labute approximate surface area is 400 Å². The molecule has 0 saturated carbocycles. The highest BCUT2D eigenvalue weighted by atomic mass is 32.1. The molecule has 5 amide bonds. The summed E-state index contributed by atoms with van der Waals surface area (Å²) in [5.74, 6) is -0.847. The number of carbonyl (C=O) groups is 5. The first-order valence-electron chi connectivity index (χ1n) is 23.1. The van der Waals surface area contributed by atoms with E-state index >= 15 is 0 Å². The highest BCUT2D eigenvalue weighted by Gasteiger charge is 2.44. The molecule has 15 nitrogen and oxygen atoms in total. The van der Waals surface area contributed by atoms with E-state index in [4.69, 9.17) is 5.73 Å². The summed E-state index contributed by atoms with van der Waals surface area (Å²) < 4.78 is 1.33. The Morgan fingerprint density at radius 1 is 0.868 bits per heavy atom. The zero-order valence-corrected chi connectivity index (χ0v) is 40.3. The number of likely N-dealkylation sites (tertiary alicyclic amines) is 1. The van der Waals surface area contributed by atoms with Gasteiger partial charge in [-0.05, 0) is 89.2 Å². The summed E-state index contributed by atoms with van der Waals surface area (Å²) >= 11 is 1.57. The van der Waals surface area contributed by atoms with Crippen molar-refractivity contribution in [3.63, 3.8) is 0 Å². The number of thiazole rings is 1. The van der Waals surface area contributed by atoms with Crippen molar-refractivity contribution < 1.29 is 29.1 Å². The number of β-amino-alcohol motifs (C(OH)–C–C–N with tert-alkyl or cyclic N) is 1. The van der Waals surface area contributed by atoms with E-state index < -0.39 is 29.5 Å². The molecule has 7 N–H and O–H groups in total. The average Bonchev–Trinajstić information content (AvgIpc) is 4.02. The lowest BCUT2D eigenvalue weighted by molar-refractivity contribution is -0.144. The Balaban J connectivity index is 0.900. The second-order valence-electron chi connectivity index (χ2n) is 18.8. The number of anilines is 3. The topological polar surface area (TPSA) is 214 Å². The minimum atomic E-state index is -0.945. The Bertz CT molecular complexity index is 2790. The molecule has 6 aromatic rings. The molecule has 4 aromatic carbocycles. The Kier molecular flexibility index (Phi) is 15.4. The van der Waals surface area contributed by atoms with Gasteiger partial charge in [-0.2, -0.15) is 4.68 Å². The molecule has 1 aliphatic rings. The van der Waals surface area contributed by atoms with Crippen molar-refractivity contribution in [1.29, 1.82) is 0 Å². The van der Waals surface area contributed by atoms with E-state index in [1.807, 2.05) is 112 Å². The average molecular weight is 940 g/mol. The van der Waals surface area contributed by atoms with Gasteiger partial charge < -0.3 is 37.0 Å². The number of hydrogen-bond donors (Lipinski definition) is 6. The first kappa shape index (κ1) is 49.0. The second-order valence-corrected chi connectivity index (χ2v) is 19.7. The third kappa shape index (κ3) is 11.8. The smallest absolute Gasteiger partial charge is 0.323 e. The lowest BCUT2D eigenvalue weighted by atomic mass is 9.85. The fourth-order valence-electron chi connectivity index (χ4n) is 8.52. The van der Waals surface area contributed by atoms with Gasteiger partial charge in [0.15, 0.2) is 5.82 Å². The number of fused-ring (bicyclic) bond motifs is 1. The first-order chi connectivity index (χ1) is 32.5. The Hall–Kier alpha value is -6.91. The SMILES string of the molecule is Cc1ncsc1-c1ccc(CNC(=O)C2C[C@@H](O)CN2C(=O)[C@@H](NC(=O)CCCCCC(=O)n2nc(N)c3c(-c4cccc(NC(=O)Nc5cccc(C(C)C)c5)c4)cccc32)C(C)(C)C)cc1. The standard InChI is InChI=1S/C52H61N9O6S/c1-31(2)35-13-10-15-37(25-35)56-51(67)57-38-16-11-14-36(26-38)40-17-12-18-41-45(40)48(53)59-61(41)44(64)20-9-7-8-19-43(63)58-47(52(4,5)6)50(66)60-29-39(62)27-42(60)49(65)54-28-33-21-23-34(24-22-33)46-32(3)55-30-68-46/h10-18,21-26,30-31,39,42,47,62H,7-9,19-20,27-29H2,1-6H3,(H2,53,59)(H,54,65)(H,58,63)(H2,56,57,67)/t39-,42?,47-/m1/s1. The third-order valence-electron chi connectivity index (χ3n) is 12.2. The predicted octanol–water partition coefficient (Wildman–Crippen LogP) is 8.88. The molecule has 1 unspecified atom stereocenters. The molecule has 68 heavy (non-hydrogen) atoms. The Morgan fingerprint density at radius 2 is 1.56 bits per heavy atom. The van der Waals surface area contributed by atoms with Crippen molar-refractivity contribution in [2.45, 2.75) is 111 Å². The van der Waals surface area contributed by atoms with Gasteiger partial charge in [-0.15, -0.1) is 16.4 Å². The molecule has 0 bridgehead atoms. The number of nitrogens with two attached hydrogens (primary N) is 1. The largest absolute Gasteiger partial charge is 0.391 e. The number of benzene rings is 4. The zero-order valence-electron chi connectivity index (χ0n) is 39.5. The highest BCUT2D eigenvalue weighted by molar-refractivity contribution is 7.13. The zero-order chi connectivity index (χ0) is 48.7. The summed E-state index contributed by atoms with van der Waals surface area (Å²) in [6.07, 6.45) is 1.04. The third-order valence-corrected chi connectivity index (χ3v) is 13.2. The molecule has 1 fully saturated rings. The molecule has 1 aliphatic heterocycles. The van der Waals surface area contributed by atoms with Crippen LogP contribution in [-0.4, -0.2) is 79.2 Å². The van der Waals surface area contributed by atoms with Crippen molar-refractivity contribution in [1.82, 2.24) is 30.3 Å². The van der Waals surface area contributed by atoms with Crippen molar-refractivity contribution in [2.75, 3.05) is 22.9 Å². The summed E-state index contributed by atoms with van der Waals surface area (Å²) in [5.41, 5.74) is 14.9. The molecule has 356 valence electrons. The van der Waals surface area contributed by atoms with E-state index in [2.05, 4.69) is 45.2 Å². The number of aliphatic hydroxyl groups is 1. The van der Waals surface area contributed by atoms with Crippen LogP contribution in [0.3, 0.4) is 0 Å². The van der Waals surface area contributed by atoms with Gasteiger partial charge in [-0.1, -0.05) is 102 Å². The van der Waals surface area contributed by atoms with Crippen LogP contribution < -0.4 is 27.0 Å². The van der Waals surface area contributed by atoms with Gasteiger partial charge >= 0.3 is 6.03 Å². The minimum absolute atomic E-state index is 0.0193. The van der Waals surface area contributed by atoms with Gasteiger partial charge in [0.05, 0.1) is 33.1 Å². The van der Waals surface area contributed by atoms with Gasteiger partial charge in [-0.3, -0.25) is 19.2 Å². The van der Waals surface area contributed by atoms with Gasteiger partial charge in [0, 0.05) is 43.7 Å². The predicted molar refractivity (Wildman–Crippen MR) is 268 cm³/mol. The van der Waals surface area contributed by atoms with Crippen LogP contribution in [0.25, 0.3) is 32.5 Å². The van der Waals surface area contributed by atoms with Crippen LogP contribution >= 0.6 is 11.3 Å². The number of aromatic nitrogens is 3. The summed E-state index contributed by atoms with van der Waals surface area (Å²) in [6, 6.07) is 26.3. The lowest BCUT2D eigenvalue weighted by Gasteiger charge is -2.35. The fraction of sp³-hybridized carbons (Fsp3) is 0.365. The molecule has 0 aliphatic carbocycles. The number of hydrogen-bond acceptors (Lipinski definition) is 10. The maximum Gasteiger partial charge on any atom is 0.323 e. The molecule has 1 saturated heterocycles. The first-order valence-corrected chi connectivity index (χ1v) is 24.0. The number of aryl methyl sites for hydroxylation is 1. The number of nitrogens with one attached hydrogen (secondary N) is 4. The van der Waals surface area contributed by atoms with Gasteiger partial charge in [0.1, 0.15) is 12.1 Å². The molecular weight excluding hydrogens is 879 g/mol. The van der Waals surface area contributed by atoms with Crippen molar-refractivity contribution in [2.24, 2.45) is 5.41 Å². The van der Waals surface area contributed by atoms with E-state index in [-0.39, 0.29) is 61.9 Å². The molecule has 16 heteroatoms. The molecule has 3 atom stereocenters. The van der Waals surface area contributed by atoms with Crippen LogP contribution in [0.5, 0.6) is 0 Å². The van der Waals surface area contributed by atoms with E-state index in [0.717, 1.165) is 38.4 Å². The number of amides is 5. The number of nitrogens with zero attached hydrogens (tertiary/aromatic N) is 4. The quantitative estimate of drug-likeness (QED) is 0.0511. The van der Waals surface area contributed by atoms with E-state index in [1.54, 1.807) is 23.5 Å². The van der Waals surface area contributed by atoms with E-state index in [1.165, 1.54) is 9.58 Å². The number of carbonyl (C=O) groups excluding carboxylic acids is 5. The summed E-state index contributed by atoms with van der Waals surface area (Å²) in [4.78, 5) is 74.2. The van der Waals surface area contributed by atoms with Crippen LogP contribution in [0.2, 0.25) is 0 Å². The van der Waals surface area contributed by atoms with Crippen molar-refractivity contribution >= 4 is 69.1 Å². The van der Waals surface area contributed by atoms with Crippen LogP contribution in [0.15, 0.2) is 96.5 Å². The highest BCUT2D eigenvalue weighted by Crippen LogP contribution is 2.34. The summed E-state index contributed by atoms with van der Waals surface area (Å²) in [6.45, 7) is 11.9. The number of urea groups is 1. The lowest BCUT2D eigenvalue weighted by Crippen LogP contribution is -2.57. The van der Waals surface area contributed by atoms with Gasteiger partial charge in [0.2, 0.25) is 23.6 Å². The number of nitrogen functional groups attached to an aromatic ring is 1. The molecule has 0 spiro atoms. The maximum absolute atomic E-state index is 14.1.